The third kappa shape index (κ3) is 3.70. The van der Waals surface area contributed by atoms with Gasteiger partial charge in [0.05, 0.1) is 21.7 Å². The van der Waals surface area contributed by atoms with E-state index in [1.165, 1.54) is 12.1 Å². The van der Waals surface area contributed by atoms with Crippen LogP contribution in [0.25, 0.3) is 22.0 Å². The highest BCUT2D eigenvalue weighted by Crippen LogP contribution is 2.43. The summed E-state index contributed by atoms with van der Waals surface area (Å²) in [6.45, 7) is 0. The smallest absolute Gasteiger partial charge is 0.260 e. The van der Waals surface area contributed by atoms with Crippen LogP contribution in [-0.2, 0) is 11.1 Å². The number of aromatic nitrogens is 1. The number of carbonyl (C=O) groups is 2. The van der Waals surface area contributed by atoms with Crippen LogP contribution in [0.1, 0.15) is 31.8 Å². The summed E-state index contributed by atoms with van der Waals surface area (Å²) in [6, 6.07) is 25.2. The number of ketones is 2. The Balaban J connectivity index is 1.63. The van der Waals surface area contributed by atoms with Crippen molar-refractivity contribution in [3.05, 3.63) is 124 Å². The van der Waals surface area contributed by atoms with Gasteiger partial charge in [0.2, 0.25) is 0 Å². The molecule has 1 aromatic heterocycles. The molecule has 0 radical (unpaired) electrons. The van der Waals surface area contributed by atoms with Crippen LogP contribution in [0.5, 0.6) is 0 Å². The molecule has 0 bridgehead atoms. The standard InChI is InChI=1S/C29H18N2O5S/c32-27(16-6-2-1-3-7-16)26-23-19-8-4-5-9-20(19)28(33)25-22(15-14-21(24(23)25)31-29(26)34)30-17-10-12-18(13-11-17)37(35)36/h1-15,30H,(H,31,34)(H,35,36). The predicted octanol–water partition coefficient (Wildman–Crippen LogP) is 5.29. The largest absolute Gasteiger partial charge is 0.355 e. The summed E-state index contributed by atoms with van der Waals surface area (Å²) in [7, 11) is 0. The fourth-order valence-electron chi connectivity index (χ4n) is 4.79. The lowest BCUT2D eigenvalue weighted by Gasteiger charge is -2.24. The van der Waals surface area contributed by atoms with Crippen LogP contribution < -0.4 is 10.9 Å². The topological polar surface area (TPSA) is 116 Å². The average molecular weight is 507 g/mol. The van der Waals surface area contributed by atoms with Crippen molar-refractivity contribution in [3.63, 3.8) is 0 Å². The maximum Gasteiger partial charge on any atom is 0.260 e. The molecule has 1 aliphatic carbocycles. The van der Waals surface area contributed by atoms with E-state index in [0.29, 0.717) is 50.1 Å². The summed E-state index contributed by atoms with van der Waals surface area (Å²) < 4.78 is 20.6. The Kier molecular flexibility index (Phi) is 5.40. The molecule has 0 saturated carbocycles. The number of hydrogen-bond donors (Lipinski definition) is 3. The number of fused-ring (bicyclic) bond motifs is 2. The second-order valence-electron chi connectivity index (χ2n) is 8.58. The molecule has 7 nitrogen and oxygen atoms in total. The van der Waals surface area contributed by atoms with E-state index in [4.69, 9.17) is 0 Å². The van der Waals surface area contributed by atoms with Crippen LogP contribution in [0.3, 0.4) is 0 Å². The minimum atomic E-state index is -2.11. The van der Waals surface area contributed by atoms with Crippen LogP contribution in [0.15, 0.2) is 101 Å². The van der Waals surface area contributed by atoms with Gasteiger partial charge >= 0.3 is 0 Å². The first-order valence-corrected chi connectivity index (χ1v) is 12.5. The average Bonchev–Trinajstić information content (AvgIpc) is 2.92. The Labute approximate surface area is 213 Å². The molecule has 0 fully saturated rings. The van der Waals surface area contributed by atoms with E-state index < -0.39 is 22.4 Å². The van der Waals surface area contributed by atoms with Gasteiger partial charge in [0.15, 0.2) is 22.6 Å². The molecule has 0 amide bonds. The van der Waals surface area contributed by atoms with Crippen molar-refractivity contribution in [3.8, 4) is 11.1 Å². The molecule has 180 valence electrons. The Hall–Kier alpha value is -4.66. The third-order valence-corrected chi connectivity index (χ3v) is 7.12. The highest BCUT2D eigenvalue weighted by Gasteiger charge is 2.33. The van der Waals surface area contributed by atoms with Crippen molar-refractivity contribution in [2.45, 2.75) is 4.90 Å². The summed E-state index contributed by atoms with van der Waals surface area (Å²) in [4.78, 5) is 43.8. The normalized spacial score (nSPS) is 12.7. The maximum absolute atomic E-state index is 13.8. The number of pyridine rings is 1. The third-order valence-electron chi connectivity index (χ3n) is 6.45. The van der Waals surface area contributed by atoms with Gasteiger partial charge in [-0.15, -0.1) is 0 Å². The predicted molar refractivity (Wildman–Crippen MR) is 142 cm³/mol. The lowest BCUT2D eigenvalue weighted by molar-refractivity contribution is 0.102. The van der Waals surface area contributed by atoms with Crippen LogP contribution in [0, 0.1) is 0 Å². The van der Waals surface area contributed by atoms with E-state index in [0.717, 1.165) is 0 Å². The Morgan fingerprint density at radius 1 is 0.784 bits per heavy atom. The molecule has 3 N–H and O–H groups in total. The molecular formula is C29H18N2O5S. The molecular weight excluding hydrogens is 488 g/mol. The summed E-state index contributed by atoms with van der Waals surface area (Å²) in [6.07, 6.45) is 0. The quantitative estimate of drug-likeness (QED) is 0.216. The molecule has 1 heterocycles. The molecule has 6 rings (SSSR count). The molecule has 1 aliphatic rings. The zero-order valence-electron chi connectivity index (χ0n) is 19.1. The lowest BCUT2D eigenvalue weighted by Crippen LogP contribution is -2.24. The lowest BCUT2D eigenvalue weighted by atomic mass is 9.80. The Morgan fingerprint density at radius 3 is 2.16 bits per heavy atom. The van der Waals surface area contributed by atoms with Gasteiger partial charge in [-0.25, -0.2) is 4.21 Å². The minimum Gasteiger partial charge on any atom is -0.355 e. The van der Waals surface area contributed by atoms with Gasteiger partial charge in [-0.3, -0.25) is 14.4 Å². The first-order chi connectivity index (χ1) is 17.9. The monoisotopic (exact) mass is 506 g/mol. The van der Waals surface area contributed by atoms with Gasteiger partial charge in [0.25, 0.3) is 5.56 Å². The Bertz CT molecular complexity index is 1830. The van der Waals surface area contributed by atoms with E-state index >= 15 is 0 Å². The molecule has 8 heteroatoms. The molecule has 37 heavy (non-hydrogen) atoms. The number of anilines is 2. The molecule has 5 aromatic rings. The van der Waals surface area contributed by atoms with E-state index in [1.54, 1.807) is 78.9 Å². The summed E-state index contributed by atoms with van der Waals surface area (Å²) in [5.74, 6) is -0.672. The van der Waals surface area contributed by atoms with Crippen LogP contribution >= 0.6 is 0 Å². The van der Waals surface area contributed by atoms with E-state index in [1.807, 2.05) is 0 Å². The van der Waals surface area contributed by atoms with E-state index in [9.17, 15) is 23.1 Å². The molecule has 0 saturated heterocycles. The number of nitrogens with one attached hydrogen (secondary N) is 2. The number of hydrogen-bond acceptors (Lipinski definition) is 5. The first-order valence-electron chi connectivity index (χ1n) is 11.4. The molecule has 0 spiro atoms. The highest BCUT2D eigenvalue weighted by molar-refractivity contribution is 7.79. The van der Waals surface area contributed by atoms with Crippen molar-refractivity contribution >= 4 is 44.9 Å². The van der Waals surface area contributed by atoms with Gasteiger partial charge in [0, 0.05) is 33.3 Å². The van der Waals surface area contributed by atoms with Gasteiger partial charge in [-0.05, 0) is 42.0 Å². The van der Waals surface area contributed by atoms with Crippen molar-refractivity contribution in [2.24, 2.45) is 0 Å². The van der Waals surface area contributed by atoms with Gasteiger partial charge < -0.3 is 14.9 Å². The number of H-pyrrole nitrogens is 1. The van der Waals surface area contributed by atoms with Gasteiger partial charge in [-0.2, -0.15) is 0 Å². The van der Waals surface area contributed by atoms with Gasteiger partial charge in [0.1, 0.15) is 0 Å². The SMILES string of the molecule is O=C(c1ccccc1)c1c2c3c(c(Nc4ccc(S(=O)O)cc4)ccc3[nH]c1=O)C(=O)c1ccccc1-2. The summed E-state index contributed by atoms with van der Waals surface area (Å²) in [5, 5.41) is 3.71. The first kappa shape index (κ1) is 22.8. The van der Waals surface area contributed by atoms with Crippen LogP contribution in [0.4, 0.5) is 11.4 Å². The summed E-state index contributed by atoms with van der Waals surface area (Å²) in [5.41, 5.74) is 3.03. The number of benzene rings is 4. The molecule has 4 aromatic carbocycles. The minimum absolute atomic E-state index is 0.0215. The fourth-order valence-corrected chi connectivity index (χ4v) is 5.16. The van der Waals surface area contributed by atoms with E-state index in [-0.39, 0.29) is 16.2 Å². The van der Waals surface area contributed by atoms with Crippen molar-refractivity contribution in [2.75, 3.05) is 5.32 Å². The fraction of sp³-hybridized carbons (Fsp3) is 0. The molecule has 1 atom stereocenters. The van der Waals surface area contributed by atoms with Crippen molar-refractivity contribution in [1.82, 2.24) is 4.98 Å². The van der Waals surface area contributed by atoms with E-state index in [2.05, 4.69) is 10.3 Å². The molecule has 0 aliphatic heterocycles. The maximum atomic E-state index is 13.8. The van der Waals surface area contributed by atoms with Crippen molar-refractivity contribution in [1.29, 1.82) is 0 Å². The Morgan fingerprint density at radius 2 is 1.46 bits per heavy atom. The van der Waals surface area contributed by atoms with Crippen molar-refractivity contribution < 1.29 is 18.4 Å². The number of aromatic amines is 1. The zero-order valence-corrected chi connectivity index (χ0v) is 20.0. The van der Waals surface area contributed by atoms with Gasteiger partial charge in [-0.1, -0.05) is 54.6 Å². The number of rotatable bonds is 5. The highest BCUT2D eigenvalue weighted by atomic mass is 32.2. The molecule has 1 unspecified atom stereocenters. The zero-order chi connectivity index (χ0) is 25.7. The second-order valence-corrected chi connectivity index (χ2v) is 9.55. The van der Waals surface area contributed by atoms with Crippen LogP contribution in [0.2, 0.25) is 0 Å². The summed E-state index contributed by atoms with van der Waals surface area (Å²) >= 11 is -2.11. The second kappa shape index (κ2) is 8.77. The van der Waals surface area contributed by atoms with Crippen LogP contribution in [-0.4, -0.2) is 25.3 Å². The number of carbonyl (C=O) groups excluding carboxylic acids is 2.